The van der Waals surface area contributed by atoms with Gasteiger partial charge in [0, 0.05) is 39.6 Å². The summed E-state index contributed by atoms with van der Waals surface area (Å²) >= 11 is 0. The Labute approximate surface area is 122 Å². The van der Waals surface area contributed by atoms with Crippen LogP contribution in [0.3, 0.4) is 0 Å². The highest BCUT2D eigenvalue weighted by atomic mass is 32.2. The third kappa shape index (κ3) is 4.63. The zero-order valence-corrected chi connectivity index (χ0v) is 13.7. The van der Waals surface area contributed by atoms with Crippen LogP contribution in [0.2, 0.25) is 0 Å². The van der Waals surface area contributed by atoms with Gasteiger partial charge in [0.2, 0.25) is 0 Å². The molecule has 0 amide bonds. The molecule has 1 heterocycles. The van der Waals surface area contributed by atoms with Crippen LogP contribution in [0.1, 0.15) is 26.7 Å². The SMILES string of the molecule is CN=C(NCC(C)C)NCC1(S(C)(=O)=O)CCOCC1. The number of hydrogen-bond acceptors (Lipinski definition) is 4. The van der Waals surface area contributed by atoms with Crippen LogP contribution in [0.15, 0.2) is 4.99 Å². The lowest BCUT2D eigenvalue weighted by molar-refractivity contribution is 0.0756. The Morgan fingerprint density at radius 1 is 1.30 bits per heavy atom. The quantitative estimate of drug-likeness (QED) is 0.568. The maximum absolute atomic E-state index is 12.1. The molecule has 118 valence electrons. The van der Waals surface area contributed by atoms with Crippen LogP contribution >= 0.6 is 0 Å². The van der Waals surface area contributed by atoms with Crippen molar-refractivity contribution in [3.8, 4) is 0 Å². The molecule has 0 bridgehead atoms. The van der Waals surface area contributed by atoms with Gasteiger partial charge in [-0.3, -0.25) is 4.99 Å². The highest BCUT2D eigenvalue weighted by Gasteiger charge is 2.42. The van der Waals surface area contributed by atoms with E-state index in [-0.39, 0.29) is 0 Å². The summed E-state index contributed by atoms with van der Waals surface area (Å²) in [6, 6.07) is 0. The van der Waals surface area contributed by atoms with E-state index in [0.29, 0.717) is 44.5 Å². The van der Waals surface area contributed by atoms with Gasteiger partial charge in [-0.2, -0.15) is 0 Å². The molecule has 1 aliphatic heterocycles. The van der Waals surface area contributed by atoms with Crippen LogP contribution in [-0.2, 0) is 14.6 Å². The number of sulfone groups is 1. The van der Waals surface area contributed by atoms with Gasteiger partial charge >= 0.3 is 0 Å². The van der Waals surface area contributed by atoms with Crippen molar-refractivity contribution in [2.24, 2.45) is 10.9 Å². The van der Waals surface area contributed by atoms with E-state index in [9.17, 15) is 8.42 Å². The van der Waals surface area contributed by atoms with E-state index < -0.39 is 14.6 Å². The van der Waals surface area contributed by atoms with Crippen molar-refractivity contribution >= 4 is 15.8 Å². The molecular formula is C13H27N3O3S. The fraction of sp³-hybridized carbons (Fsp3) is 0.923. The molecule has 20 heavy (non-hydrogen) atoms. The first-order chi connectivity index (χ1) is 9.31. The number of ether oxygens (including phenoxy) is 1. The fourth-order valence-electron chi connectivity index (χ4n) is 2.19. The minimum Gasteiger partial charge on any atom is -0.381 e. The van der Waals surface area contributed by atoms with Crippen LogP contribution in [0.4, 0.5) is 0 Å². The molecule has 1 aliphatic rings. The average molecular weight is 305 g/mol. The molecular weight excluding hydrogens is 278 g/mol. The normalized spacial score (nSPS) is 19.9. The number of hydrogen-bond donors (Lipinski definition) is 2. The van der Waals surface area contributed by atoms with E-state index in [1.807, 2.05) is 0 Å². The summed E-state index contributed by atoms with van der Waals surface area (Å²) in [7, 11) is -1.46. The number of nitrogens with zero attached hydrogens (tertiary/aromatic N) is 1. The summed E-state index contributed by atoms with van der Waals surface area (Å²) < 4.78 is 28.8. The van der Waals surface area contributed by atoms with E-state index in [1.165, 1.54) is 6.26 Å². The van der Waals surface area contributed by atoms with Crippen molar-refractivity contribution in [1.82, 2.24) is 10.6 Å². The zero-order valence-electron chi connectivity index (χ0n) is 12.9. The number of rotatable bonds is 5. The maximum atomic E-state index is 12.1. The zero-order chi connectivity index (χ0) is 15.2. The lowest BCUT2D eigenvalue weighted by Gasteiger charge is -2.35. The monoisotopic (exact) mass is 305 g/mol. The molecule has 0 aromatic rings. The molecule has 2 N–H and O–H groups in total. The van der Waals surface area contributed by atoms with Crippen LogP contribution in [0.5, 0.6) is 0 Å². The predicted molar refractivity (Wildman–Crippen MR) is 81.8 cm³/mol. The molecule has 1 fully saturated rings. The van der Waals surface area contributed by atoms with E-state index >= 15 is 0 Å². The molecule has 1 rings (SSSR count). The minimum atomic E-state index is -3.15. The fourth-order valence-corrected chi connectivity index (χ4v) is 3.43. The summed E-state index contributed by atoms with van der Waals surface area (Å²) in [5.74, 6) is 1.15. The van der Waals surface area contributed by atoms with Crippen LogP contribution in [0.25, 0.3) is 0 Å². The first kappa shape index (κ1) is 17.2. The second-order valence-corrected chi connectivity index (χ2v) is 8.18. The van der Waals surface area contributed by atoms with Gasteiger partial charge in [-0.05, 0) is 18.8 Å². The molecule has 0 saturated carbocycles. The second kappa shape index (κ2) is 7.26. The molecule has 1 saturated heterocycles. The molecule has 0 radical (unpaired) electrons. The molecule has 0 atom stereocenters. The molecule has 0 aromatic carbocycles. The van der Waals surface area contributed by atoms with Gasteiger partial charge in [0.25, 0.3) is 0 Å². The molecule has 7 heteroatoms. The predicted octanol–water partition coefficient (Wildman–Crippen LogP) is 0.401. The van der Waals surface area contributed by atoms with Crippen LogP contribution < -0.4 is 10.6 Å². The first-order valence-corrected chi connectivity index (χ1v) is 8.92. The summed E-state index contributed by atoms with van der Waals surface area (Å²) in [5, 5.41) is 6.34. The van der Waals surface area contributed by atoms with Crippen LogP contribution in [0, 0.1) is 5.92 Å². The molecule has 0 unspecified atom stereocenters. The van der Waals surface area contributed by atoms with E-state index in [1.54, 1.807) is 7.05 Å². The minimum absolute atomic E-state index is 0.368. The molecule has 6 nitrogen and oxygen atoms in total. The van der Waals surface area contributed by atoms with E-state index in [0.717, 1.165) is 6.54 Å². The Kier molecular flexibility index (Phi) is 6.26. The number of guanidine groups is 1. The molecule has 0 aromatic heterocycles. The summed E-state index contributed by atoms with van der Waals surface area (Å²) in [5.41, 5.74) is 0. The lowest BCUT2D eigenvalue weighted by Crippen LogP contribution is -2.53. The third-order valence-corrected chi connectivity index (χ3v) is 5.80. The highest BCUT2D eigenvalue weighted by molar-refractivity contribution is 7.92. The number of aliphatic imine (C=N–C) groups is 1. The maximum Gasteiger partial charge on any atom is 0.191 e. The Balaban J connectivity index is 2.67. The Bertz CT molecular complexity index is 426. The highest BCUT2D eigenvalue weighted by Crippen LogP contribution is 2.28. The van der Waals surface area contributed by atoms with Gasteiger partial charge in [0.15, 0.2) is 15.8 Å². The van der Waals surface area contributed by atoms with Gasteiger partial charge in [0.05, 0.1) is 4.75 Å². The Morgan fingerprint density at radius 3 is 2.35 bits per heavy atom. The Morgan fingerprint density at radius 2 is 1.90 bits per heavy atom. The van der Waals surface area contributed by atoms with Crippen molar-refractivity contribution in [3.63, 3.8) is 0 Å². The van der Waals surface area contributed by atoms with Gasteiger partial charge < -0.3 is 15.4 Å². The third-order valence-electron chi connectivity index (χ3n) is 3.67. The van der Waals surface area contributed by atoms with Gasteiger partial charge in [-0.15, -0.1) is 0 Å². The Hall–Kier alpha value is -0.820. The van der Waals surface area contributed by atoms with Gasteiger partial charge in [-0.25, -0.2) is 8.42 Å². The van der Waals surface area contributed by atoms with E-state index in [2.05, 4.69) is 29.5 Å². The summed E-state index contributed by atoms with van der Waals surface area (Å²) in [6.45, 7) is 6.37. The summed E-state index contributed by atoms with van der Waals surface area (Å²) in [4.78, 5) is 4.13. The summed E-state index contributed by atoms with van der Waals surface area (Å²) in [6.07, 6.45) is 2.37. The molecule has 0 aliphatic carbocycles. The number of nitrogens with one attached hydrogen (secondary N) is 2. The second-order valence-electron chi connectivity index (χ2n) is 5.77. The average Bonchev–Trinajstić information content (AvgIpc) is 2.38. The first-order valence-electron chi connectivity index (χ1n) is 7.02. The van der Waals surface area contributed by atoms with Crippen molar-refractivity contribution in [2.45, 2.75) is 31.4 Å². The van der Waals surface area contributed by atoms with Crippen molar-refractivity contribution in [2.75, 3.05) is 39.6 Å². The van der Waals surface area contributed by atoms with Crippen molar-refractivity contribution in [3.05, 3.63) is 0 Å². The van der Waals surface area contributed by atoms with E-state index in [4.69, 9.17) is 4.74 Å². The molecule has 0 spiro atoms. The van der Waals surface area contributed by atoms with Gasteiger partial charge in [-0.1, -0.05) is 13.8 Å². The standard InChI is InChI=1S/C13H27N3O3S/c1-11(2)9-15-12(14-3)16-10-13(20(4,17)18)5-7-19-8-6-13/h11H,5-10H2,1-4H3,(H2,14,15,16). The lowest BCUT2D eigenvalue weighted by atomic mass is 9.99. The largest absolute Gasteiger partial charge is 0.381 e. The topological polar surface area (TPSA) is 79.8 Å². The van der Waals surface area contributed by atoms with Crippen LogP contribution in [-0.4, -0.2) is 58.7 Å². The van der Waals surface area contributed by atoms with Gasteiger partial charge in [0.1, 0.15) is 0 Å². The van der Waals surface area contributed by atoms with Crippen molar-refractivity contribution in [1.29, 1.82) is 0 Å². The smallest absolute Gasteiger partial charge is 0.191 e. The van der Waals surface area contributed by atoms with Crippen molar-refractivity contribution < 1.29 is 13.2 Å².